The number of aromatic nitrogens is 2. The number of amides is 1. The molecule has 0 radical (unpaired) electrons. The average Bonchev–Trinajstić information content (AvgIpc) is 2.90. The molecule has 0 spiro atoms. The second kappa shape index (κ2) is 13.0. The van der Waals surface area contributed by atoms with Gasteiger partial charge in [0.05, 0.1) is 29.8 Å². The fourth-order valence-corrected chi connectivity index (χ4v) is 2.95. The molecule has 10 heteroatoms. The Hall–Kier alpha value is -5.01. The molecule has 3 N–H and O–H groups in total. The van der Waals surface area contributed by atoms with Crippen LogP contribution in [0.25, 0.3) is 11.3 Å². The Kier molecular flexibility index (Phi) is 9.27. The Balaban J connectivity index is 2.20. The molecule has 0 atom stereocenters. The molecule has 1 aliphatic heterocycles. The number of pyridine rings is 1. The summed E-state index contributed by atoms with van der Waals surface area (Å²) in [4.78, 5) is 41.0. The van der Waals surface area contributed by atoms with Crippen molar-refractivity contribution in [3.8, 4) is 17.3 Å². The summed E-state index contributed by atoms with van der Waals surface area (Å²) in [7, 11) is 0. The Bertz CT molecular complexity index is 1470. The van der Waals surface area contributed by atoms with Gasteiger partial charge in [-0.3, -0.25) is 25.0 Å². The van der Waals surface area contributed by atoms with Gasteiger partial charge in [-0.05, 0) is 55.0 Å². The number of rotatable bonds is 5. The van der Waals surface area contributed by atoms with Crippen LogP contribution in [0.3, 0.4) is 0 Å². The van der Waals surface area contributed by atoms with Gasteiger partial charge in [-0.2, -0.15) is 5.26 Å². The Morgan fingerprint density at radius 1 is 1.19 bits per heavy atom. The first-order chi connectivity index (χ1) is 17.5. The van der Waals surface area contributed by atoms with Crippen LogP contribution in [0.2, 0.25) is 0 Å². The topological polar surface area (TPSA) is 153 Å². The molecule has 180 valence electrons. The molecule has 3 heterocycles. The Labute approximate surface area is 207 Å². The van der Waals surface area contributed by atoms with E-state index in [1.165, 1.54) is 18.5 Å². The smallest absolute Gasteiger partial charge is 0.295 e. The molecule has 0 fully saturated rings. The van der Waals surface area contributed by atoms with E-state index < -0.39 is 5.91 Å². The van der Waals surface area contributed by atoms with Gasteiger partial charge in [0.25, 0.3) is 5.91 Å². The predicted molar refractivity (Wildman–Crippen MR) is 131 cm³/mol. The van der Waals surface area contributed by atoms with Crippen LogP contribution in [0.5, 0.6) is 0 Å². The summed E-state index contributed by atoms with van der Waals surface area (Å²) in [6.07, 6.45) is 5.02. The van der Waals surface area contributed by atoms with Crippen LogP contribution >= 0.6 is 0 Å². The largest absolute Gasteiger partial charge is 0.394 e. The number of hydrogen-bond donors (Lipinski definition) is 3. The molecule has 2 aromatic heterocycles. The van der Waals surface area contributed by atoms with Gasteiger partial charge in [-0.1, -0.05) is 18.2 Å². The molecular formula is C26H23N7O3. The number of aliphatic hydroxyl groups excluding tert-OH is 1. The number of carbonyl (C=O) groups excluding carboxylic acids is 2. The fourth-order valence-electron chi connectivity index (χ4n) is 2.95. The highest BCUT2D eigenvalue weighted by atomic mass is 16.3. The van der Waals surface area contributed by atoms with Crippen molar-refractivity contribution in [1.29, 1.82) is 5.26 Å². The maximum atomic E-state index is 12.7. The van der Waals surface area contributed by atoms with Crippen LogP contribution in [0.4, 0.5) is 0 Å². The van der Waals surface area contributed by atoms with E-state index in [1.807, 2.05) is 13.0 Å². The minimum atomic E-state index is -0.559. The van der Waals surface area contributed by atoms with Crippen molar-refractivity contribution in [2.45, 2.75) is 6.92 Å². The van der Waals surface area contributed by atoms with E-state index in [2.05, 4.69) is 30.8 Å². The number of nitriles is 1. The second-order valence-corrected chi connectivity index (χ2v) is 7.37. The van der Waals surface area contributed by atoms with E-state index in [9.17, 15) is 14.7 Å². The first kappa shape index (κ1) is 25.6. The zero-order valence-corrected chi connectivity index (χ0v) is 19.4. The number of aldehydes is 1. The van der Waals surface area contributed by atoms with Crippen molar-refractivity contribution < 1.29 is 14.7 Å². The van der Waals surface area contributed by atoms with Crippen LogP contribution < -0.4 is 21.7 Å². The normalized spacial score (nSPS) is 13.1. The lowest BCUT2D eigenvalue weighted by Crippen LogP contribution is -2.33. The summed E-state index contributed by atoms with van der Waals surface area (Å²) >= 11 is 0. The lowest BCUT2D eigenvalue weighted by molar-refractivity contribution is -0.115. The zero-order chi connectivity index (χ0) is 25.8. The van der Waals surface area contributed by atoms with E-state index in [1.54, 1.807) is 54.6 Å². The number of carbonyl (C=O) groups is 2. The summed E-state index contributed by atoms with van der Waals surface area (Å²) in [6.45, 7) is 1.86. The SMILES string of the molecule is Cc1ccc(=NC(=O)C2=CC(C#N)=CNN2)ccccc(-c2ccnc(C=O)c2)nc(=NCCO)c1. The highest BCUT2D eigenvalue weighted by Crippen LogP contribution is 2.14. The molecule has 0 saturated heterocycles. The monoisotopic (exact) mass is 481 g/mol. The number of hydrazine groups is 1. The molecule has 0 aromatic carbocycles. The van der Waals surface area contributed by atoms with Gasteiger partial charge in [-0.15, -0.1) is 0 Å². The van der Waals surface area contributed by atoms with Crippen LogP contribution in [-0.4, -0.2) is 40.4 Å². The number of aryl methyl sites for hydroxylation is 1. The van der Waals surface area contributed by atoms with Crippen LogP contribution in [0, 0.1) is 18.3 Å². The zero-order valence-electron chi connectivity index (χ0n) is 19.4. The number of aliphatic hydroxyl groups is 1. The van der Waals surface area contributed by atoms with Gasteiger partial charge < -0.3 is 10.5 Å². The van der Waals surface area contributed by atoms with Crippen LogP contribution in [-0.2, 0) is 4.79 Å². The number of nitrogens with one attached hydrogen (secondary N) is 2. The molecule has 0 unspecified atom stereocenters. The molecule has 10 nitrogen and oxygen atoms in total. The Morgan fingerprint density at radius 2 is 2.03 bits per heavy atom. The minimum absolute atomic E-state index is 0.133. The molecular weight excluding hydrogens is 458 g/mol. The van der Waals surface area contributed by atoms with Gasteiger partial charge in [0.1, 0.15) is 22.9 Å². The maximum Gasteiger partial charge on any atom is 0.295 e. The summed E-state index contributed by atoms with van der Waals surface area (Å²) in [5.74, 6) is -0.559. The highest BCUT2D eigenvalue weighted by molar-refractivity contribution is 5.94. The van der Waals surface area contributed by atoms with Crippen LogP contribution in [0.15, 0.2) is 94.3 Å². The third-order valence-electron chi connectivity index (χ3n) is 4.64. The molecule has 0 aliphatic carbocycles. The van der Waals surface area contributed by atoms with Gasteiger partial charge >= 0.3 is 0 Å². The van der Waals surface area contributed by atoms with Crippen LogP contribution in [0.1, 0.15) is 16.1 Å². The first-order valence-corrected chi connectivity index (χ1v) is 10.9. The van der Waals surface area contributed by atoms with E-state index in [4.69, 9.17) is 5.26 Å². The predicted octanol–water partition coefficient (Wildman–Crippen LogP) is 1.11. The van der Waals surface area contributed by atoms with E-state index in [0.29, 0.717) is 34.0 Å². The summed E-state index contributed by atoms with van der Waals surface area (Å²) in [5, 5.41) is 18.7. The van der Waals surface area contributed by atoms with Gasteiger partial charge in [-0.25, -0.2) is 9.98 Å². The molecule has 3 rings (SSSR count). The summed E-state index contributed by atoms with van der Waals surface area (Å²) in [5.41, 5.74) is 8.32. The van der Waals surface area contributed by atoms with Gasteiger partial charge in [0, 0.05) is 18.0 Å². The van der Waals surface area contributed by atoms with E-state index in [0.717, 1.165) is 5.56 Å². The van der Waals surface area contributed by atoms with E-state index in [-0.39, 0.29) is 24.5 Å². The third kappa shape index (κ3) is 7.51. The number of hydrogen-bond acceptors (Lipinski definition) is 9. The maximum absolute atomic E-state index is 12.7. The average molecular weight is 482 g/mol. The molecule has 36 heavy (non-hydrogen) atoms. The van der Waals surface area contributed by atoms with Crippen molar-refractivity contribution in [2.75, 3.05) is 13.2 Å². The van der Waals surface area contributed by atoms with Crippen molar-refractivity contribution in [2.24, 2.45) is 9.98 Å². The molecule has 0 saturated carbocycles. The minimum Gasteiger partial charge on any atom is -0.394 e. The van der Waals surface area contributed by atoms with E-state index >= 15 is 0 Å². The van der Waals surface area contributed by atoms with Crippen molar-refractivity contribution >= 4 is 12.2 Å². The number of nitrogens with zero attached hydrogens (tertiary/aromatic N) is 5. The molecule has 1 amide bonds. The van der Waals surface area contributed by atoms with Gasteiger partial charge in [0.2, 0.25) is 0 Å². The highest BCUT2D eigenvalue weighted by Gasteiger charge is 2.11. The first-order valence-electron chi connectivity index (χ1n) is 10.9. The van der Waals surface area contributed by atoms with Gasteiger partial charge in [0.15, 0.2) is 6.29 Å². The Morgan fingerprint density at radius 3 is 2.81 bits per heavy atom. The molecule has 0 bridgehead atoms. The second-order valence-electron chi connectivity index (χ2n) is 7.37. The summed E-state index contributed by atoms with van der Waals surface area (Å²) < 4.78 is 0. The fraction of sp³-hybridized carbons (Fsp3) is 0.115. The molecule has 2 aromatic rings. The standard InChI is InChI=1S/C26H23N7O3/c1-18-6-7-21(31-26(36)24-13-19(15-27)16-30-33-24)4-2-3-5-23(32-25(12-18)29-10-11-34)20-8-9-28-22(14-20)17-35/h2-9,12-14,16-17,30,33-34H,10-11H2,1H3. The lowest BCUT2D eigenvalue weighted by atomic mass is 10.1. The molecule has 1 aliphatic rings. The summed E-state index contributed by atoms with van der Waals surface area (Å²) in [6, 6.07) is 17.2. The van der Waals surface area contributed by atoms with Crippen molar-refractivity contribution in [3.63, 3.8) is 0 Å². The third-order valence-corrected chi connectivity index (χ3v) is 4.64. The quantitative estimate of drug-likeness (QED) is 0.537. The lowest BCUT2D eigenvalue weighted by Gasteiger charge is -2.11. The van der Waals surface area contributed by atoms with Crippen molar-refractivity contribution in [1.82, 2.24) is 20.8 Å². The number of allylic oxidation sites excluding steroid dienone is 2. The van der Waals surface area contributed by atoms with Crippen molar-refractivity contribution in [3.05, 3.63) is 106 Å².